The van der Waals surface area contributed by atoms with E-state index in [1.807, 2.05) is 25.6 Å². The van der Waals surface area contributed by atoms with Crippen LogP contribution in [0.15, 0.2) is 0 Å². The van der Waals surface area contributed by atoms with Gasteiger partial charge in [-0.25, -0.2) is 0 Å². The molecular weight excluding hydrogens is 194 g/mol. The molecule has 0 aromatic rings. The first kappa shape index (κ1) is 12.3. The lowest BCUT2D eigenvalue weighted by Crippen LogP contribution is -2.46. The monoisotopic (exact) mass is 217 g/mol. The predicted molar refractivity (Wildman–Crippen MR) is 63.9 cm³/mol. The Morgan fingerprint density at radius 1 is 1.57 bits per heavy atom. The Labute approximate surface area is 91.9 Å². The number of nitrogens with one attached hydrogen (secondary N) is 1. The van der Waals surface area contributed by atoms with E-state index in [0.29, 0.717) is 11.3 Å². The van der Waals surface area contributed by atoms with Gasteiger partial charge < -0.3 is 10.4 Å². The van der Waals surface area contributed by atoms with Crippen LogP contribution in [0.25, 0.3) is 0 Å². The molecule has 1 saturated heterocycles. The average Bonchev–Trinajstić information content (AvgIpc) is 2.17. The first-order valence-corrected chi connectivity index (χ1v) is 6.67. The molecule has 0 amide bonds. The second kappa shape index (κ2) is 5.38. The minimum Gasteiger partial charge on any atom is -0.389 e. The molecule has 1 rings (SSSR count). The smallest absolute Gasteiger partial charge is 0.0741 e. The van der Waals surface area contributed by atoms with E-state index >= 15 is 0 Å². The van der Waals surface area contributed by atoms with E-state index in [1.165, 1.54) is 18.6 Å². The number of thioether (sulfide) groups is 1. The van der Waals surface area contributed by atoms with Crippen molar-refractivity contribution in [2.24, 2.45) is 0 Å². The molecule has 1 aliphatic rings. The Balaban J connectivity index is 2.29. The second-order valence-corrected chi connectivity index (χ2v) is 6.04. The molecule has 1 heterocycles. The Hall–Kier alpha value is 0.270. The zero-order valence-corrected chi connectivity index (χ0v) is 10.4. The Morgan fingerprint density at radius 2 is 2.29 bits per heavy atom. The van der Waals surface area contributed by atoms with Crippen LogP contribution in [-0.2, 0) is 0 Å². The van der Waals surface area contributed by atoms with Crippen molar-refractivity contribution >= 4 is 11.8 Å². The van der Waals surface area contributed by atoms with Gasteiger partial charge in [0.25, 0.3) is 0 Å². The molecule has 0 bridgehead atoms. The fraction of sp³-hybridized carbons (Fsp3) is 1.00. The van der Waals surface area contributed by atoms with Gasteiger partial charge in [-0.15, -0.1) is 0 Å². The SMILES string of the molecule is CCC(C)(O)CNC1CCCSC1C. The normalized spacial score (nSPS) is 32.6. The maximum Gasteiger partial charge on any atom is 0.0741 e. The Kier molecular flexibility index (Phi) is 4.74. The molecule has 0 aliphatic carbocycles. The molecule has 3 unspecified atom stereocenters. The molecule has 1 aliphatic heterocycles. The van der Waals surface area contributed by atoms with Crippen molar-refractivity contribution in [1.82, 2.24) is 5.32 Å². The maximum atomic E-state index is 9.87. The summed E-state index contributed by atoms with van der Waals surface area (Å²) in [5, 5.41) is 14.1. The largest absolute Gasteiger partial charge is 0.389 e. The van der Waals surface area contributed by atoms with Crippen LogP contribution in [0.1, 0.15) is 40.0 Å². The van der Waals surface area contributed by atoms with Gasteiger partial charge in [-0.1, -0.05) is 13.8 Å². The van der Waals surface area contributed by atoms with Crippen molar-refractivity contribution < 1.29 is 5.11 Å². The van der Waals surface area contributed by atoms with Crippen molar-refractivity contribution in [2.75, 3.05) is 12.3 Å². The lowest BCUT2D eigenvalue weighted by Gasteiger charge is -2.32. The first-order valence-electron chi connectivity index (χ1n) is 5.62. The predicted octanol–water partition coefficient (Wildman–Crippen LogP) is 2.02. The van der Waals surface area contributed by atoms with Crippen molar-refractivity contribution in [3.8, 4) is 0 Å². The van der Waals surface area contributed by atoms with Crippen molar-refractivity contribution in [3.05, 3.63) is 0 Å². The van der Waals surface area contributed by atoms with Crippen molar-refractivity contribution in [1.29, 1.82) is 0 Å². The van der Waals surface area contributed by atoms with Crippen molar-refractivity contribution in [2.45, 2.75) is 56.9 Å². The third-order valence-corrected chi connectivity index (χ3v) is 4.49. The highest BCUT2D eigenvalue weighted by atomic mass is 32.2. The quantitative estimate of drug-likeness (QED) is 0.755. The van der Waals surface area contributed by atoms with E-state index in [1.54, 1.807) is 0 Å². The Bertz CT molecular complexity index is 173. The maximum absolute atomic E-state index is 9.87. The van der Waals surface area contributed by atoms with E-state index in [0.717, 1.165) is 13.0 Å². The summed E-state index contributed by atoms with van der Waals surface area (Å²) in [6, 6.07) is 0.590. The highest BCUT2D eigenvalue weighted by Gasteiger charge is 2.24. The zero-order valence-electron chi connectivity index (χ0n) is 9.55. The van der Waals surface area contributed by atoms with Gasteiger partial charge in [0, 0.05) is 17.8 Å². The average molecular weight is 217 g/mol. The van der Waals surface area contributed by atoms with Crippen molar-refractivity contribution in [3.63, 3.8) is 0 Å². The number of hydrogen-bond donors (Lipinski definition) is 2. The minimum absolute atomic E-state index is 0.540. The third kappa shape index (κ3) is 3.79. The molecule has 3 heteroatoms. The molecule has 2 nitrogen and oxygen atoms in total. The first-order chi connectivity index (χ1) is 6.55. The molecule has 84 valence electrons. The summed E-state index contributed by atoms with van der Waals surface area (Å²) in [5.74, 6) is 1.30. The topological polar surface area (TPSA) is 32.3 Å². The minimum atomic E-state index is -0.540. The van der Waals surface area contributed by atoms with Gasteiger partial charge in [-0.2, -0.15) is 11.8 Å². The summed E-state index contributed by atoms with van der Waals surface area (Å²) >= 11 is 2.04. The van der Waals surface area contributed by atoms with Crippen LogP contribution < -0.4 is 5.32 Å². The molecule has 1 fully saturated rings. The van der Waals surface area contributed by atoms with Crippen LogP contribution in [0.3, 0.4) is 0 Å². The molecule has 14 heavy (non-hydrogen) atoms. The van der Waals surface area contributed by atoms with Crippen LogP contribution in [0, 0.1) is 0 Å². The van der Waals surface area contributed by atoms with Gasteiger partial charge >= 0.3 is 0 Å². The summed E-state index contributed by atoms with van der Waals surface area (Å²) in [6.07, 6.45) is 3.38. The van der Waals surface area contributed by atoms with Gasteiger partial charge in [0.05, 0.1) is 5.60 Å². The molecule has 2 N–H and O–H groups in total. The van der Waals surface area contributed by atoms with Crippen LogP contribution in [-0.4, -0.2) is 34.3 Å². The zero-order chi connectivity index (χ0) is 10.6. The lowest BCUT2D eigenvalue weighted by atomic mass is 10.0. The molecule has 0 spiro atoms. The summed E-state index contributed by atoms with van der Waals surface area (Å²) < 4.78 is 0. The van der Waals surface area contributed by atoms with Gasteiger partial charge in [0.1, 0.15) is 0 Å². The number of hydrogen-bond acceptors (Lipinski definition) is 3. The number of aliphatic hydroxyl groups is 1. The molecule has 0 saturated carbocycles. The van der Waals surface area contributed by atoms with Gasteiger partial charge in [0.2, 0.25) is 0 Å². The molecular formula is C11H23NOS. The molecule has 0 aromatic heterocycles. The van der Waals surface area contributed by atoms with Crippen LogP contribution in [0.5, 0.6) is 0 Å². The van der Waals surface area contributed by atoms with Gasteiger partial charge in [-0.05, 0) is 31.9 Å². The van der Waals surface area contributed by atoms with E-state index in [4.69, 9.17) is 0 Å². The lowest BCUT2D eigenvalue weighted by molar-refractivity contribution is 0.0524. The summed E-state index contributed by atoms with van der Waals surface area (Å²) in [5.41, 5.74) is -0.540. The second-order valence-electron chi connectivity index (χ2n) is 4.56. The van der Waals surface area contributed by atoms with E-state index in [2.05, 4.69) is 12.2 Å². The molecule has 0 aromatic carbocycles. The Morgan fingerprint density at radius 3 is 2.86 bits per heavy atom. The van der Waals surface area contributed by atoms with Crippen LogP contribution in [0.4, 0.5) is 0 Å². The highest BCUT2D eigenvalue weighted by molar-refractivity contribution is 7.99. The van der Waals surface area contributed by atoms with Crippen LogP contribution in [0.2, 0.25) is 0 Å². The third-order valence-electron chi connectivity index (χ3n) is 3.11. The molecule has 3 atom stereocenters. The number of rotatable bonds is 4. The fourth-order valence-electron chi connectivity index (χ4n) is 1.67. The summed E-state index contributed by atoms with van der Waals surface area (Å²) in [6.45, 7) is 6.93. The van der Waals surface area contributed by atoms with E-state index in [-0.39, 0.29) is 0 Å². The summed E-state index contributed by atoms with van der Waals surface area (Å²) in [4.78, 5) is 0. The highest BCUT2D eigenvalue weighted by Crippen LogP contribution is 2.25. The fourth-order valence-corrected chi connectivity index (χ4v) is 2.84. The van der Waals surface area contributed by atoms with Gasteiger partial charge in [0.15, 0.2) is 0 Å². The summed E-state index contributed by atoms with van der Waals surface area (Å²) in [7, 11) is 0. The van der Waals surface area contributed by atoms with E-state index in [9.17, 15) is 5.11 Å². The van der Waals surface area contributed by atoms with E-state index < -0.39 is 5.60 Å². The van der Waals surface area contributed by atoms with Gasteiger partial charge in [-0.3, -0.25) is 0 Å². The standard InChI is InChI=1S/C11H23NOS/c1-4-11(3,13)8-12-10-6-5-7-14-9(10)2/h9-10,12-13H,4-8H2,1-3H3. The van der Waals surface area contributed by atoms with Crippen LogP contribution >= 0.6 is 11.8 Å². The molecule has 0 radical (unpaired) electrons.